The van der Waals surface area contributed by atoms with Gasteiger partial charge in [0.05, 0.1) is 11.4 Å². The van der Waals surface area contributed by atoms with Crippen molar-refractivity contribution in [3.05, 3.63) is 36.7 Å². The molecular formula is C16H17N5. The first-order valence-electron chi connectivity index (χ1n) is 7.38. The Morgan fingerprint density at radius 1 is 1.05 bits per heavy atom. The van der Waals surface area contributed by atoms with E-state index in [1.54, 1.807) is 0 Å². The third kappa shape index (κ3) is 1.96. The second kappa shape index (κ2) is 4.84. The molecule has 5 heteroatoms. The molecule has 1 aromatic carbocycles. The molecule has 0 atom stereocenters. The summed E-state index contributed by atoms with van der Waals surface area (Å²) in [7, 11) is 0. The van der Waals surface area contributed by atoms with Gasteiger partial charge in [-0.3, -0.25) is 0 Å². The number of nitrogen functional groups attached to an aromatic ring is 1. The van der Waals surface area contributed by atoms with Crippen LogP contribution in [0.15, 0.2) is 36.7 Å². The highest BCUT2D eigenvalue weighted by Crippen LogP contribution is 2.36. The normalized spacial score (nSPS) is 15.8. The second-order valence-corrected chi connectivity index (χ2v) is 5.55. The van der Waals surface area contributed by atoms with Gasteiger partial charge in [0.2, 0.25) is 0 Å². The molecule has 2 aromatic heterocycles. The minimum absolute atomic E-state index is 0.430. The molecule has 2 heterocycles. The van der Waals surface area contributed by atoms with Gasteiger partial charge in [-0.05, 0) is 12.8 Å². The highest BCUT2D eigenvalue weighted by Gasteiger charge is 2.24. The fourth-order valence-corrected chi connectivity index (χ4v) is 3.20. The van der Waals surface area contributed by atoms with Crippen molar-refractivity contribution in [2.24, 2.45) is 0 Å². The van der Waals surface area contributed by atoms with Crippen LogP contribution in [0, 0.1) is 0 Å². The summed E-state index contributed by atoms with van der Waals surface area (Å²) in [6.07, 6.45) is 6.36. The van der Waals surface area contributed by atoms with Crippen LogP contribution in [0.2, 0.25) is 0 Å². The standard InChI is InChI=1S/C16H17N5/c17-15-13-14(11-6-2-1-3-7-11)20-21(12-8-4-5-9-12)16(13)19-10-18-15/h1-3,6-7,10,12H,4-5,8-9H2,(H2,17,18,19). The number of aromatic nitrogens is 4. The van der Waals surface area contributed by atoms with E-state index in [0.717, 1.165) is 35.1 Å². The summed E-state index contributed by atoms with van der Waals surface area (Å²) in [4.78, 5) is 8.59. The number of benzene rings is 1. The van der Waals surface area contributed by atoms with E-state index in [1.165, 1.54) is 19.2 Å². The molecule has 5 nitrogen and oxygen atoms in total. The molecule has 0 bridgehead atoms. The summed E-state index contributed by atoms with van der Waals surface area (Å²) in [5.74, 6) is 0.503. The predicted molar refractivity (Wildman–Crippen MR) is 82.7 cm³/mol. The summed E-state index contributed by atoms with van der Waals surface area (Å²) < 4.78 is 2.06. The van der Waals surface area contributed by atoms with E-state index in [-0.39, 0.29) is 0 Å². The lowest BCUT2D eigenvalue weighted by atomic mass is 10.1. The molecule has 0 amide bonds. The van der Waals surface area contributed by atoms with Gasteiger partial charge in [-0.15, -0.1) is 0 Å². The van der Waals surface area contributed by atoms with E-state index in [9.17, 15) is 0 Å². The molecule has 1 saturated carbocycles. The molecule has 0 spiro atoms. The second-order valence-electron chi connectivity index (χ2n) is 5.55. The van der Waals surface area contributed by atoms with Crippen LogP contribution in [0.5, 0.6) is 0 Å². The Morgan fingerprint density at radius 2 is 1.81 bits per heavy atom. The minimum atomic E-state index is 0.430. The lowest BCUT2D eigenvalue weighted by molar-refractivity contribution is 0.479. The monoisotopic (exact) mass is 279 g/mol. The summed E-state index contributed by atoms with van der Waals surface area (Å²) in [6, 6.07) is 10.5. The average molecular weight is 279 g/mol. The third-order valence-electron chi connectivity index (χ3n) is 4.24. The molecule has 21 heavy (non-hydrogen) atoms. The van der Waals surface area contributed by atoms with E-state index < -0.39 is 0 Å². The van der Waals surface area contributed by atoms with E-state index in [4.69, 9.17) is 10.8 Å². The zero-order valence-corrected chi connectivity index (χ0v) is 11.7. The van der Waals surface area contributed by atoms with Crippen molar-refractivity contribution < 1.29 is 0 Å². The SMILES string of the molecule is Nc1ncnc2c1c(-c1ccccc1)nn2C1CCCC1. The average Bonchev–Trinajstić information content (AvgIpc) is 3.16. The van der Waals surface area contributed by atoms with Crippen molar-refractivity contribution in [1.82, 2.24) is 19.7 Å². The maximum Gasteiger partial charge on any atom is 0.164 e. The fourth-order valence-electron chi connectivity index (χ4n) is 3.20. The Bertz CT molecular complexity index is 772. The van der Waals surface area contributed by atoms with Crippen molar-refractivity contribution in [1.29, 1.82) is 0 Å². The molecule has 1 aliphatic rings. The van der Waals surface area contributed by atoms with E-state index >= 15 is 0 Å². The van der Waals surface area contributed by atoms with Crippen LogP contribution in [0.1, 0.15) is 31.7 Å². The number of anilines is 1. The van der Waals surface area contributed by atoms with Gasteiger partial charge in [-0.25, -0.2) is 14.6 Å². The fraction of sp³-hybridized carbons (Fsp3) is 0.312. The quantitative estimate of drug-likeness (QED) is 0.782. The topological polar surface area (TPSA) is 69.6 Å². The number of nitrogens with zero attached hydrogens (tertiary/aromatic N) is 4. The number of rotatable bonds is 2. The number of fused-ring (bicyclic) bond motifs is 1. The molecule has 0 radical (unpaired) electrons. The Balaban J connectivity index is 1.98. The zero-order valence-electron chi connectivity index (χ0n) is 11.7. The lowest BCUT2D eigenvalue weighted by Gasteiger charge is -2.10. The number of nitrogens with two attached hydrogens (primary N) is 1. The van der Waals surface area contributed by atoms with Gasteiger partial charge in [-0.1, -0.05) is 43.2 Å². The summed E-state index contributed by atoms with van der Waals surface area (Å²) in [5.41, 5.74) is 8.90. The Morgan fingerprint density at radius 3 is 2.57 bits per heavy atom. The molecular weight excluding hydrogens is 262 g/mol. The van der Waals surface area contributed by atoms with Crippen LogP contribution in [0.4, 0.5) is 5.82 Å². The first-order chi connectivity index (χ1) is 10.3. The highest BCUT2D eigenvalue weighted by atomic mass is 15.3. The summed E-state index contributed by atoms with van der Waals surface area (Å²) in [6.45, 7) is 0. The predicted octanol–water partition coefficient (Wildman–Crippen LogP) is 3.19. The lowest BCUT2D eigenvalue weighted by Crippen LogP contribution is -2.07. The largest absolute Gasteiger partial charge is 0.383 e. The number of hydrogen-bond acceptors (Lipinski definition) is 4. The van der Waals surface area contributed by atoms with Gasteiger partial charge >= 0.3 is 0 Å². The van der Waals surface area contributed by atoms with Crippen molar-refractivity contribution in [3.63, 3.8) is 0 Å². The van der Waals surface area contributed by atoms with Gasteiger partial charge in [0.15, 0.2) is 5.65 Å². The van der Waals surface area contributed by atoms with Gasteiger partial charge in [-0.2, -0.15) is 5.10 Å². The van der Waals surface area contributed by atoms with E-state index in [0.29, 0.717) is 11.9 Å². The molecule has 0 unspecified atom stereocenters. The Kier molecular flexibility index (Phi) is 2.84. The molecule has 1 fully saturated rings. The molecule has 4 rings (SSSR count). The van der Waals surface area contributed by atoms with Crippen LogP contribution in [-0.2, 0) is 0 Å². The Labute approximate surface area is 122 Å². The molecule has 1 aliphatic carbocycles. The van der Waals surface area contributed by atoms with E-state index in [2.05, 4.69) is 14.6 Å². The van der Waals surface area contributed by atoms with Gasteiger partial charge in [0, 0.05) is 5.56 Å². The third-order valence-corrected chi connectivity index (χ3v) is 4.24. The smallest absolute Gasteiger partial charge is 0.164 e. The molecule has 106 valence electrons. The molecule has 3 aromatic rings. The van der Waals surface area contributed by atoms with E-state index in [1.807, 2.05) is 30.3 Å². The van der Waals surface area contributed by atoms with Gasteiger partial charge < -0.3 is 5.73 Å². The first kappa shape index (κ1) is 12.3. The van der Waals surface area contributed by atoms with Crippen molar-refractivity contribution >= 4 is 16.9 Å². The minimum Gasteiger partial charge on any atom is -0.383 e. The highest BCUT2D eigenvalue weighted by molar-refractivity contribution is 5.98. The van der Waals surface area contributed by atoms with Crippen LogP contribution in [-0.4, -0.2) is 19.7 Å². The van der Waals surface area contributed by atoms with Crippen LogP contribution >= 0.6 is 0 Å². The maximum absolute atomic E-state index is 6.10. The molecule has 0 aliphatic heterocycles. The van der Waals surface area contributed by atoms with Crippen molar-refractivity contribution in [3.8, 4) is 11.3 Å². The van der Waals surface area contributed by atoms with Crippen LogP contribution in [0.25, 0.3) is 22.3 Å². The summed E-state index contributed by atoms with van der Waals surface area (Å²) in [5, 5.41) is 5.71. The van der Waals surface area contributed by atoms with Gasteiger partial charge in [0.1, 0.15) is 17.8 Å². The molecule has 0 saturated heterocycles. The summed E-state index contributed by atoms with van der Waals surface area (Å²) >= 11 is 0. The van der Waals surface area contributed by atoms with Crippen LogP contribution in [0.3, 0.4) is 0 Å². The zero-order chi connectivity index (χ0) is 14.2. The van der Waals surface area contributed by atoms with Crippen LogP contribution < -0.4 is 5.73 Å². The van der Waals surface area contributed by atoms with Gasteiger partial charge in [0.25, 0.3) is 0 Å². The first-order valence-corrected chi connectivity index (χ1v) is 7.38. The molecule has 2 N–H and O–H groups in total. The van der Waals surface area contributed by atoms with Crippen molar-refractivity contribution in [2.45, 2.75) is 31.7 Å². The number of hydrogen-bond donors (Lipinski definition) is 1. The maximum atomic E-state index is 6.10. The van der Waals surface area contributed by atoms with Crippen molar-refractivity contribution in [2.75, 3.05) is 5.73 Å². The Hall–Kier alpha value is -2.43.